The van der Waals surface area contributed by atoms with Gasteiger partial charge in [-0.15, -0.1) is 0 Å². The highest BCUT2D eigenvalue weighted by Crippen LogP contribution is 2.23. The summed E-state index contributed by atoms with van der Waals surface area (Å²) < 4.78 is 5.54. The monoisotopic (exact) mass is 246 g/mol. The predicted molar refractivity (Wildman–Crippen MR) is 69.4 cm³/mol. The molecule has 0 amide bonds. The fourth-order valence-electron chi connectivity index (χ4n) is 2.24. The number of anilines is 1. The van der Waals surface area contributed by atoms with Crippen LogP contribution in [0, 0.1) is 25.2 Å². The second-order valence-corrected chi connectivity index (χ2v) is 4.57. The average Bonchev–Trinajstić information content (AvgIpc) is 2.38. The third-order valence-electron chi connectivity index (χ3n) is 3.14. The Hall–Kier alpha value is -1.64. The Morgan fingerprint density at radius 2 is 2.39 bits per heavy atom. The van der Waals surface area contributed by atoms with Crippen molar-refractivity contribution in [2.45, 2.75) is 20.0 Å². The highest BCUT2D eigenvalue weighted by atomic mass is 16.5. The second-order valence-electron chi connectivity index (χ2n) is 4.57. The molecular formula is C13H18N4O. The lowest BCUT2D eigenvalue weighted by molar-refractivity contribution is 0.0462. The first-order valence-electron chi connectivity index (χ1n) is 6.10. The number of hydrogen-bond donors (Lipinski definition) is 1. The second kappa shape index (κ2) is 5.34. The van der Waals surface area contributed by atoms with Gasteiger partial charge in [-0.25, -0.2) is 4.98 Å². The van der Waals surface area contributed by atoms with Crippen LogP contribution in [0.5, 0.6) is 0 Å². The van der Waals surface area contributed by atoms with E-state index in [-0.39, 0.29) is 6.10 Å². The molecular weight excluding hydrogens is 228 g/mol. The van der Waals surface area contributed by atoms with Gasteiger partial charge in [0.25, 0.3) is 0 Å². The van der Waals surface area contributed by atoms with Crippen molar-refractivity contribution in [1.82, 2.24) is 4.98 Å². The van der Waals surface area contributed by atoms with E-state index in [1.165, 1.54) is 0 Å². The summed E-state index contributed by atoms with van der Waals surface area (Å²) in [6, 6.07) is 4.18. The molecule has 1 unspecified atom stereocenters. The van der Waals surface area contributed by atoms with Crippen LogP contribution in [0.25, 0.3) is 0 Å². The Balaban J connectivity index is 2.35. The standard InChI is InChI=1S/C13H18N4O/c1-9-5-10(2)16-13(12(9)7-15)17-3-4-18-11(6-14)8-17/h5,11H,3-4,6,8,14H2,1-2H3. The third kappa shape index (κ3) is 2.45. The largest absolute Gasteiger partial charge is 0.373 e. The molecule has 0 aliphatic carbocycles. The third-order valence-corrected chi connectivity index (χ3v) is 3.14. The predicted octanol–water partition coefficient (Wildman–Crippen LogP) is 0.734. The maximum atomic E-state index is 9.27. The van der Waals surface area contributed by atoms with Crippen LogP contribution in [0.4, 0.5) is 5.82 Å². The Kier molecular flexibility index (Phi) is 3.80. The summed E-state index contributed by atoms with van der Waals surface area (Å²) in [5.41, 5.74) is 8.18. The lowest BCUT2D eigenvalue weighted by atomic mass is 10.1. The van der Waals surface area contributed by atoms with E-state index in [9.17, 15) is 5.26 Å². The van der Waals surface area contributed by atoms with Gasteiger partial charge in [-0.1, -0.05) is 0 Å². The van der Waals surface area contributed by atoms with Crippen LogP contribution in [0.1, 0.15) is 16.8 Å². The summed E-state index contributed by atoms with van der Waals surface area (Å²) in [4.78, 5) is 6.60. The van der Waals surface area contributed by atoms with Crippen LogP contribution >= 0.6 is 0 Å². The first-order chi connectivity index (χ1) is 8.65. The van der Waals surface area contributed by atoms with Crippen molar-refractivity contribution >= 4 is 5.82 Å². The molecule has 1 aromatic heterocycles. The van der Waals surface area contributed by atoms with Gasteiger partial charge in [-0.2, -0.15) is 5.26 Å². The number of ether oxygens (including phenoxy) is 1. The first kappa shape index (κ1) is 12.8. The number of rotatable bonds is 2. The zero-order valence-electron chi connectivity index (χ0n) is 10.8. The molecule has 1 saturated heterocycles. The minimum absolute atomic E-state index is 0.0212. The lowest BCUT2D eigenvalue weighted by Gasteiger charge is -2.34. The fraction of sp³-hybridized carbons (Fsp3) is 0.538. The highest BCUT2D eigenvalue weighted by molar-refractivity contribution is 5.58. The minimum atomic E-state index is 0.0212. The molecule has 2 N–H and O–H groups in total. The zero-order chi connectivity index (χ0) is 13.1. The number of aryl methyl sites for hydroxylation is 2. The molecule has 2 heterocycles. The van der Waals surface area contributed by atoms with E-state index in [0.717, 1.165) is 23.6 Å². The molecule has 0 radical (unpaired) electrons. The van der Waals surface area contributed by atoms with Gasteiger partial charge in [0.05, 0.1) is 18.3 Å². The smallest absolute Gasteiger partial charge is 0.147 e. The molecule has 2 rings (SSSR count). The Morgan fingerprint density at radius 1 is 1.61 bits per heavy atom. The van der Waals surface area contributed by atoms with Crippen molar-refractivity contribution in [3.63, 3.8) is 0 Å². The molecule has 18 heavy (non-hydrogen) atoms. The van der Waals surface area contributed by atoms with Crippen LogP contribution < -0.4 is 10.6 Å². The molecule has 5 heteroatoms. The normalized spacial score (nSPS) is 19.7. The Bertz CT molecular complexity index is 481. The van der Waals surface area contributed by atoms with Gasteiger partial charge >= 0.3 is 0 Å². The highest BCUT2D eigenvalue weighted by Gasteiger charge is 2.23. The number of morpholine rings is 1. The SMILES string of the molecule is Cc1cc(C)c(C#N)c(N2CCOC(CN)C2)n1. The molecule has 0 aromatic carbocycles. The summed E-state index contributed by atoms with van der Waals surface area (Å²) in [6.07, 6.45) is 0.0212. The van der Waals surface area contributed by atoms with Crippen molar-refractivity contribution in [2.24, 2.45) is 5.73 Å². The Morgan fingerprint density at radius 3 is 3.06 bits per heavy atom. The molecule has 1 aromatic rings. The van der Waals surface area contributed by atoms with Gasteiger partial charge in [0.2, 0.25) is 0 Å². The van der Waals surface area contributed by atoms with Crippen molar-refractivity contribution in [3.8, 4) is 6.07 Å². The Labute approximate surface area is 107 Å². The van der Waals surface area contributed by atoms with E-state index >= 15 is 0 Å². The molecule has 0 saturated carbocycles. The van der Waals surface area contributed by atoms with Gasteiger partial charge in [-0.05, 0) is 25.5 Å². The van der Waals surface area contributed by atoms with Crippen LogP contribution in [-0.2, 0) is 4.74 Å². The number of nitrogens with two attached hydrogens (primary N) is 1. The van der Waals surface area contributed by atoms with Crippen LogP contribution in [-0.4, -0.2) is 37.3 Å². The number of pyridine rings is 1. The van der Waals surface area contributed by atoms with Gasteiger partial charge in [0, 0.05) is 25.3 Å². The minimum Gasteiger partial charge on any atom is -0.373 e. The van der Waals surface area contributed by atoms with Crippen LogP contribution in [0.15, 0.2) is 6.07 Å². The maximum Gasteiger partial charge on any atom is 0.147 e. The van der Waals surface area contributed by atoms with E-state index in [1.54, 1.807) is 0 Å². The molecule has 96 valence electrons. The molecule has 0 spiro atoms. The van der Waals surface area contributed by atoms with Crippen LogP contribution in [0.2, 0.25) is 0 Å². The summed E-state index contributed by atoms with van der Waals surface area (Å²) in [6.45, 7) is 6.45. The van der Waals surface area contributed by atoms with Crippen molar-refractivity contribution in [2.75, 3.05) is 31.1 Å². The lowest BCUT2D eigenvalue weighted by Crippen LogP contribution is -2.46. The molecule has 1 atom stereocenters. The van der Waals surface area contributed by atoms with Crippen molar-refractivity contribution in [1.29, 1.82) is 5.26 Å². The summed E-state index contributed by atoms with van der Waals surface area (Å²) in [7, 11) is 0. The van der Waals surface area contributed by atoms with E-state index in [0.29, 0.717) is 25.3 Å². The maximum absolute atomic E-state index is 9.27. The molecule has 5 nitrogen and oxygen atoms in total. The van der Waals surface area contributed by atoms with Gasteiger partial charge in [-0.3, -0.25) is 0 Å². The molecule has 1 fully saturated rings. The zero-order valence-corrected chi connectivity index (χ0v) is 10.8. The van der Waals surface area contributed by atoms with Gasteiger partial charge in [0.1, 0.15) is 11.9 Å². The first-order valence-corrected chi connectivity index (χ1v) is 6.10. The number of nitrogens with zero attached hydrogens (tertiary/aromatic N) is 3. The average molecular weight is 246 g/mol. The summed E-state index contributed by atoms with van der Waals surface area (Å²) in [5, 5.41) is 9.27. The van der Waals surface area contributed by atoms with Gasteiger partial charge in [0.15, 0.2) is 0 Å². The van der Waals surface area contributed by atoms with Gasteiger partial charge < -0.3 is 15.4 Å². The fourth-order valence-corrected chi connectivity index (χ4v) is 2.24. The van der Waals surface area contributed by atoms with E-state index in [2.05, 4.69) is 16.0 Å². The van der Waals surface area contributed by atoms with Crippen molar-refractivity contribution in [3.05, 3.63) is 22.9 Å². The molecule has 0 bridgehead atoms. The number of nitriles is 1. The number of hydrogen-bond acceptors (Lipinski definition) is 5. The molecule has 1 aliphatic heterocycles. The summed E-state index contributed by atoms with van der Waals surface area (Å²) in [5.74, 6) is 0.761. The van der Waals surface area contributed by atoms with E-state index < -0.39 is 0 Å². The number of aromatic nitrogens is 1. The van der Waals surface area contributed by atoms with E-state index in [4.69, 9.17) is 10.5 Å². The van der Waals surface area contributed by atoms with Crippen molar-refractivity contribution < 1.29 is 4.74 Å². The quantitative estimate of drug-likeness (QED) is 0.832. The molecule has 1 aliphatic rings. The topological polar surface area (TPSA) is 75.2 Å². The van der Waals surface area contributed by atoms with Crippen LogP contribution in [0.3, 0.4) is 0 Å². The summed E-state index contributed by atoms with van der Waals surface area (Å²) >= 11 is 0. The van der Waals surface area contributed by atoms with E-state index in [1.807, 2.05) is 19.9 Å².